The molecule has 0 radical (unpaired) electrons. The lowest BCUT2D eigenvalue weighted by Crippen LogP contribution is -2.41. The molecule has 0 spiro atoms. The van der Waals surface area contributed by atoms with E-state index in [4.69, 9.17) is 34.3 Å². The maximum atomic E-state index is 13.3. The number of anilines is 1. The number of benzene rings is 1. The number of carbonyl (C=O) groups is 1. The summed E-state index contributed by atoms with van der Waals surface area (Å²) in [7, 11) is -0.395. The fourth-order valence-electron chi connectivity index (χ4n) is 4.53. The van der Waals surface area contributed by atoms with Gasteiger partial charge in [0.25, 0.3) is 14.4 Å². The number of nitrogens with zero attached hydrogens (tertiary/aromatic N) is 4. The Kier molecular flexibility index (Phi) is 14.2. The smallest absolute Gasteiger partial charge is 0.351 e. The van der Waals surface area contributed by atoms with Gasteiger partial charge in [0.1, 0.15) is 24.6 Å². The van der Waals surface area contributed by atoms with E-state index in [9.17, 15) is 9.59 Å². The van der Waals surface area contributed by atoms with Crippen LogP contribution in [0, 0.1) is 25.8 Å². The number of carbonyl (C=O) groups excluding carboxylic acids is 1. The van der Waals surface area contributed by atoms with E-state index in [2.05, 4.69) is 30.8 Å². The van der Waals surface area contributed by atoms with Gasteiger partial charge in [0.2, 0.25) is 7.98 Å². The predicted octanol–water partition coefficient (Wildman–Crippen LogP) is 4.41. The van der Waals surface area contributed by atoms with Crippen molar-refractivity contribution in [1.29, 1.82) is 1.43 Å². The molecule has 240 valence electrons. The molecule has 3 rings (SSSR count). The van der Waals surface area contributed by atoms with E-state index in [1.54, 1.807) is 43.5 Å². The van der Waals surface area contributed by atoms with Crippen molar-refractivity contribution in [3.63, 3.8) is 0 Å². The van der Waals surface area contributed by atoms with E-state index >= 15 is 0 Å². The first-order valence-corrected chi connectivity index (χ1v) is 15.3. The second kappa shape index (κ2) is 18.6. The Labute approximate surface area is 264 Å². The van der Waals surface area contributed by atoms with E-state index in [0.717, 1.165) is 0 Å². The molecular weight excluding hydrogens is 585 g/mol. The van der Waals surface area contributed by atoms with Gasteiger partial charge >= 0.3 is 5.69 Å². The highest BCUT2D eigenvalue weighted by Gasteiger charge is 2.48. The molecule has 44 heavy (non-hydrogen) atoms. The monoisotopic (exact) mass is 632 g/mol. The number of aryl methyl sites for hydroxylation is 1. The first kappa shape index (κ1) is 33.7. The van der Waals surface area contributed by atoms with Gasteiger partial charge in [-0.15, -0.1) is 12.3 Å². The van der Waals surface area contributed by atoms with Gasteiger partial charge in [0.05, 0.1) is 12.7 Å². The molecule has 1 aromatic carbocycles. The molecule has 1 aromatic heterocycles. The van der Waals surface area contributed by atoms with Crippen LogP contribution in [0.5, 0.6) is 0 Å². The molecule has 12 nitrogen and oxygen atoms in total. The number of ether oxygens (including phenoxy) is 2. The number of terminal acetylenes is 1. The lowest BCUT2D eigenvalue weighted by molar-refractivity contribution is -0.0668. The van der Waals surface area contributed by atoms with Crippen LogP contribution < -0.4 is 11.0 Å². The molecule has 1 aliphatic heterocycles. The largest absolute Gasteiger partial charge is 0.400 e. The molecule has 1 saturated heterocycles. The Morgan fingerprint density at radius 1 is 1.34 bits per heavy atom. The number of hydrogen-bond acceptors (Lipinski definition) is 9. The van der Waals surface area contributed by atoms with Crippen LogP contribution in [-0.2, 0) is 18.5 Å². The van der Waals surface area contributed by atoms with E-state index in [1.165, 1.54) is 11.7 Å². The highest BCUT2D eigenvalue weighted by molar-refractivity contribution is 7.44. The number of aliphatic hydroxyl groups excluding tert-OH is 1. The summed E-state index contributed by atoms with van der Waals surface area (Å²) in [6.45, 7) is 17.3. The summed E-state index contributed by atoms with van der Waals surface area (Å²) in [6.07, 6.45) is 3.97. The molecule has 0 saturated carbocycles. The van der Waals surface area contributed by atoms with E-state index in [1.807, 2.05) is 27.7 Å². The minimum Gasteiger partial charge on any atom is -0.400 e. The van der Waals surface area contributed by atoms with Gasteiger partial charge in [-0.3, -0.25) is 9.36 Å². The summed E-state index contributed by atoms with van der Waals surface area (Å²) in [5, 5.41) is 6.20. The van der Waals surface area contributed by atoms with Crippen LogP contribution in [0.3, 0.4) is 0 Å². The standard InChI is InChI=1S/C30H40N5O6P.CH4O/c1-9-10-17-38-26-25(41-42(39-18-16-31-8)35(20(2)3)21(4)5)23(7)40-29(26)34-19-22(6)27(33-30(34)37)32-28(36)24-14-12-11-13-15-24;1-2/h1,11-15,19-21,23,25-26,29H,10,16-18H2,2-7H3,(H,32,33,36,37);2H,1H3/t23-,25+,26?,29-,42?;/m1./s1/i7D;2T. The second-order valence-electron chi connectivity index (χ2n) is 10.2. The number of hydrogen-bond donors (Lipinski definition) is 2. The van der Waals surface area contributed by atoms with Crippen molar-refractivity contribution >= 4 is 20.3 Å². The first-order valence-electron chi connectivity index (χ1n) is 15.3. The Morgan fingerprint density at radius 2 is 2.02 bits per heavy atom. The number of aromatic nitrogens is 2. The van der Waals surface area contributed by atoms with Crippen molar-refractivity contribution in [3.8, 4) is 12.3 Å². The van der Waals surface area contributed by atoms with Crippen LogP contribution in [-0.4, -0.2) is 83.9 Å². The van der Waals surface area contributed by atoms with Gasteiger partial charge in [-0.25, -0.2) is 16.0 Å². The Hall–Kier alpha value is -3.19. The van der Waals surface area contributed by atoms with Crippen molar-refractivity contribution in [2.45, 2.75) is 84.6 Å². The van der Waals surface area contributed by atoms with Crippen LogP contribution in [0.4, 0.5) is 5.82 Å². The van der Waals surface area contributed by atoms with Crippen molar-refractivity contribution in [1.82, 2.24) is 14.2 Å². The molecular formula is C31H44N5O7P. The van der Waals surface area contributed by atoms with E-state index in [-0.39, 0.29) is 44.6 Å². The van der Waals surface area contributed by atoms with Crippen LogP contribution in [0.25, 0.3) is 4.85 Å². The van der Waals surface area contributed by atoms with E-state index < -0.39 is 44.7 Å². The third kappa shape index (κ3) is 9.91. The Morgan fingerprint density at radius 3 is 2.61 bits per heavy atom. The minimum absolute atomic E-state index is 0.0561. The van der Waals surface area contributed by atoms with Crippen LogP contribution in [0.2, 0.25) is 0 Å². The number of amides is 1. The summed E-state index contributed by atoms with van der Waals surface area (Å²) in [6, 6.07) is 8.74. The zero-order chi connectivity index (χ0) is 34.2. The normalized spacial score (nSPS) is 20.7. The van der Waals surface area contributed by atoms with Gasteiger partial charge in [-0.2, -0.15) is 4.98 Å². The molecule has 0 bridgehead atoms. The molecule has 2 aromatic rings. The van der Waals surface area contributed by atoms with Gasteiger partial charge in [0, 0.05) is 44.3 Å². The van der Waals surface area contributed by atoms with Gasteiger partial charge in [-0.1, -0.05) is 18.2 Å². The second-order valence-corrected chi connectivity index (χ2v) is 11.6. The lowest BCUT2D eigenvalue weighted by Gasteiger charge is -2.37. The highest BCUT2D eigenvalue weighted by Crippen LogP contribution is 2.50. The van der Waals surface area contributed by atoms with Crippen molar-refractivity contribution in [2.24, 2.45) is 0 Å². The summed E-state index contributed by atoms with van der Waals surface area (Å²) in [5.41, 5.74) is 0.284. The lowest BCUT2D eigenvalue weighted by atomic mass is 10.1. The van der Waals surface area contributed by atoms with Crippen LogP contribution in [0.15, 0.2) is 41.3 Å². The van der Waals surface area contributed by atoms with E-state index in [0.29, 0.717) is 17.5 Å². The van der Waals surface area contributed by atoms with Gasteiger partial charge < -0.3 is 33.8 Å². The fraction of sp³-hybridized carbons (Fsp3) is 0.548. The third-order valence-corrected chi connectivity index (χ3v) is 8.51. The summed E-state index contributed by atoms with van der Waals surface area (Å²) in [5.74, 6) is 2.28. The number of nitrogens with one attached hydrogen (secondary N) is 1. The SMILES string of the molecule is [2H]C[C@H]1O[C@@H](n2cc(C)c(NC(=O)c3ccccc3)nc2=O)C(OCCC#C)[C@H]1OP(OCC[N+]#[C-])N(C(C)C)C(C)C.[3H]OC. The molecule has 5 atom stereocenters. The molecule has 2 heterocycles. The summed E-state index contributed by atoms with van der Waals surface area (Å²) in [4.78, 5) is 33.6. The average molecular weight is 633 g/mol. The van der Waals surface area contributed by atoms with Crippen molar-refractivity contribution in [2.75, 3.05) is 32.2 Å². The Balaban J connectivity index is 0.00000236. The summed E-state index contributed by atoms with van der Waals surface area (Å²) < 4.78 is 42.4. The molecule has 2 unspecified atom stereocenters. The quantitative estimate of drug-likeness (QED) is 0.135. The zero-order valence-electron chi connectivity index (χ0n) is 28.1. The fourth-order valence-corrected chi connectivity index (χ4v) is 6.29. The van der Waals surface area contributed by atoms with Crippen molar-refractivity contribution in [3.05, 3.63) is 69.6 Å². The molecule has 0 aliphatic carbocycles. The van der Waals surface area contributed by atoms with Gasteiger partial charge in [0.15, 0.2) is 6.23 Å². The van der Waals surface area contributed by atoms with Gasteiger partial charge in [-0.05, 0) is 53.7 Å². The topological polar surface area (TPSA) is 129 Å². The highest BCUT2D eigenvalue weighted by atomic mass is 31.2. The molecule has 2 N–H and O–H groups in total. The van der Waals surface area contributed by atoms with Crippen molar-refractivity contribution < 1.29 is 29.8 Å². The molecule has 13 heteroatoms. The average Bonchev–Trinajstić information content (AvgIpc) is 3.36. The number of rotatable bonds is 14. The van der Waals surface area contributed by atoms with Crippen LogP contribution >= 0.6 is 8.53 Å². The molecule has 1 amide bonds. The predicted molar refractivity (Wildman–Crippen MR) is 170 cm³/mol. The molecule has 1 fully saturated rings. The first-order chi connectivity index (χ1) is 22.0. The van der Waals surface area contributed by atoms with Crippen LogP contribution in [0.1, 0.15) is 64.5 Å². The minimum atomic E-state index is -1.69. The Bertz CT molecular complexity index is 1360. The maximum absolute atomic E-state index is 13.3. The number of aliphatic hydroxyl groups is 1. The third-order valence-electron chi connectivity index (χ3n) is 6.38. The molecule has 1 aliphatic rings. The maximum Gasteiger partial charge on any atom is 0.351 e. The zero-order valence-corrected chi connectivity index (χ0v) is 27.0. The summed E-state index contributed by atoms with van der Waals surface area (Å²) >= 11 is 0.